The van der Waals surface area contributed by atoms with E-state index in [1.165, 1.54) is 19.3 Å². The fourth-order valence-corrected chi connectivity index (χ4v) is 3.23. The Morgan fingerprint density at radius 2 is 2.13 bits per heavy atom. The Kier molecular flexibility index (Phi) is 5.33. The normalized spacial score (nSPS) is 22.7. The van der Waals surface area contributed by atoms with Crippen molar-refractivity contribution in [1.82, 2.24) is 10.3 Å². The number of nitrogens with zero attached hydrogens (tertiary/aromatic N) is 2. The average Bonchev–Trinajstić information content (AvgIpc) is 3.11. The standard InChI is InChI=1S/C17H26N4O2/c1-13(15-6-5-11-23-15)19-17(22)20-14-7-8-16(18-12-14)21-9-3-2-4-10-21/h7-8,12-13,15H,2-6,9-11H2,1H3,(H2,19,20,22)/t13-,15+/m1/s1. The molecule has 0 bridgehead atoms. The summed E-state index contributed by atoms with van der Waals surface area (Å²) in [6.45, 7) is 4.91. The number of amides is 2. The number of piperidine rings is 1. The van der Waals surface area contributed by atoms with Crippen LogP contribution in [-0.2, 0) is 4.74 Å². The molecule has 0 aromatic carbocycles. The van der Waals surface area contributed by atoms with Crippen molar-refractivity contribution in [2.45, 2.75) is 51.2 Å². The Hall–Kier alpha value is -1.82. The molecule has 0 spiro atoms. The number of nitrogens with one attached hydrogen (secondary N) is 2. The van der Waals surface area contributed by atoms with Crippen LogP contribution in [0.1, 0.15) is 39.0 Å². The van der Waals surface area contributed by atoms with Gasteiger partial charge in [0.1, 0.15) is 5.82 Å². The number of urea groups is 1. The van der Waals surface area contributed by atoms with Gasteiger partial charge in [-0.15, -0.1) is 0 Å². The third kappa shape index (κ3) is 4.34. The number of carbonyl (C=O) groups excluding carboxylic acids is 1. The second-order valence-corrected chi connectivity index (χ2v) is 6.39. The van der Waals surface area contributed by atoms with Crippen LogP contribution < -0.4 is 15.5 Å². The van der Waals surface area contributed by atoms with E-state index in [-0.39, 0.29) is 18.2 Å². The Morgan fingerprint density at radius 3 is 2.78 bits per heavy atom. The van der Waals surface area contributed by atoms with E-state index in [9.17, 15) is 4.79 Å². The van der Waals surface area contributed by atoms with Crippen LogP contribution in [0, 0.1) is 0 Å². The molecule has 2 saturated heterocycles. The Morgan fingerprint density at radius 1 is 1.30 bits per heavy atom. The smallest absolute Gasteiger partial charge is 0.319 e. The van der Waals surface area contributed by atoms with Crippen LogP contribution in [0.2, 0.25) is 0 Å². The van der Waals surface area contributed by atoms with Gasteiger partial charge in [0.2, 0.25) is 0 Å². The van der Waals surface area contributed by atoms with Crippen molar-refractivity contribution < 1.29 is 9.53 Å². The van der Waals surface area contributed by atoms with E-state index in [1.54, 1.807) is 6.20 Å². The molecular formula is C17H26N4O2. The minimum Gasteiger partial charge on any atom is -0.376 e. The van der Waals surface area contributed by atoms with Crippen LogP contribution in [0.5, 0.6) is 0 Å². The summed E-state index contributed by atoms with van der Waals surface area (Å²) in [6, 6.07) is 3.69. The van der Waals surface area contributed by atoms with Crippen LogP contribution in [0.15, 0.2) is 18.3 Å². The number of anilines is 2. The molecule has 0 aliphatic carbocycles. The van der Waals surface area contributed by atoms with Gasteiger partial charge in [0.25, 0.3) is 0 Å². The van der Waals surface area contributed by atoms with Gasteiger partial charge in [0.05, 0.1) is 24.0 Å². The summed E-state index contributed by atoms with van der Waals surface area (Å²) in [5, 5.41) is 5.77. The lowest BCUT2D eigenvalue weighted by atomic mass is 10.1. The summed E-state index contributed by atoms with van der Waals surface area (Å²) in [4.78, 5) is 18.8. The number of ether oxygens (including phenoxy) is 1. The highest BCUT2D eigenvalue weighted by Gasteiger charge is 2.23. The van der Waals surface area contributed by atoms with Gasteiger partial charge >= 0.3 is 6.03 Å². The van der Waals surface area contributed by atoms with E-state index in [0.717, 1.165) is 38.4 Å². The van der Waals surface area contributed by atoms with Crippen molar-refractivity contribution >= 4 is 17.5 Å². The van der Waals surface area contributed by atoms with Crippen molar-refractivity contribution in [2.75, 3.05) is 29.9 Å². The van der Waals surface area contributed by atoms with Gasteiger partial charge in [-0.25, -0.2) is 9.78 Å². The van der Waals surface area contributed by atoms with Crippen LogP contribution in [0.4, 0.5) is 16.3 Å². The molecule has 0 saturated carbocycles. The fraction of sp³-hybridized carbons (Fsp3) is 0.647. The van der Waals surface area contributed by atoms with Gasteiger partial charge in [-0.05, 0) is 51.2 Å². The quantitative estimate of drug-likeness (QED) is 0.896. The summed E-state index contributed by atoms with van der Waals surface area (Å²) in [5.74, 6) is 0.989. The molecule has 3 rings (SSSR count). The monoisotopic (exact) mass is 318 g/mol. The molecule has 23 heavy (non-hydrogen) atoms. The van der Waals surface area contributed by atoms with E-state index < -0.39 is 0 Å². The Bertz CT molecular complexity index is 508. The van der Waals surface area contributed by atoms with Crippen LogP contribution in [0.25, 0.3) is 0 Å². The van der Waals surface area contributed by atoms with E-state index >= 15 is 0 Å². The summed E-state index contributed by atoms with van der Waals surface area (Å²) < 4.78 is 5.59. The van der Waals surface area contributed by atoms with Gasteiger partial charge in [0, 0.05) is 19.7 Å². The average molecular weight is 318 g/mol. The van der Waals surface area contributed by atoms with E-state index in [0.29, 0.717) is 5.69 Å². The number of rotatable bonds is 4. The van der Waals surface area contributed by atoms with Gasteiger partial charge < -0.3 is 20.3 Å². The first-order valence-corrected chi connectivity index (χ1v) is 8.62. The molecule has 126 valence electrons. The summed E-state index contributed by atoms with van der Waals surface area (Å²) in [6.07, 6.45) is 7.68. The SMILES string of the molecule is C[C@@H](NC(=O)Nc1ccc(N2CCCCC2)nc1)[C@@H]1CCCO1. The Labute approximate surface area is 137 Å². The highest BCUT2D eigenvalue weighted by molar-refractivity contribution is 5.89. The highest BCUT2D eigenvalue weighted by atomic mass is 16.5. The number of aromatic nitrogens is 1. The van der Waals surface area contributed by atoms with E-state index in [1.807, 2.05) is 19.1 Å². The van der Waals surface area contributed by atoms with Crippen molar-refractivity contribution in [1.29, 1.82) is 0 Å². The molecule has 1 aromatic rings. The van der Waals surface area contributed by atoms with E-state index in [4.69, 9.17) is 4.74 Å². The summed E-state index contributed by atoms with van der Waals surface area (Å²) in [5.41, 5.74) is 0.711. The molecule has 0 unspecified atom stereocenters. The van der Waals surface area contributed by atoms with Gasteiger partial charge in [-0.2, -0.15) is 0 Å². The highest BCUT2D eigenvalue weighted by Crippen LogP contribution is 2.19. The molecular weight excluding hydrogens is 292 g/mol. The zero-order valence-electron chi connectivity index (χ0n) is 13.8. The molecule has 1 aromatic heterocycles. The maximum atomic E-state index is 12.1. The number of carbonyl (C=O) groups is 1. The lowest BCUT2D eigenvalue weighted by Crippen LogP contribution is -2.43. The van der Waals surface area contributed by atoms with E-state index in [2.05, 4.69) is 20.5 Å². The maximum Gasteiger partial charge on any atom is 0.319 e. The second-order valence-electron chi connectivity index (χ2n) is 6.39. The summed E-state index contributed by atoms with van der Waals surface area (Å²) in [7, 11) is 0. The van der Waals surface area contributed by atoms with Gasteiger partial charge in [-0.3, -0.25) is 0 Å². The predicted octanol–water partition coefficient (Wildman–Crippen LogP) is 2.76. The molecule has 2 amide bonds. The van der Waals surface area contributed by atoms with Gasteiger partial charge in [-0.1, -0.05) is 0 Å². The predicted molar refractivity (Wildman–Crippen MR) is 90.9 cm³/mol. The molecule has 2 fully saturated rings. The summed E-state index contributed by atoms with van der Waals surface area (Å²) >= 11 is 0. The molecule has 6 nitrogen and oxygen atoms in total. The third-order valence-corrected chi connectivity index (χ3v) is 4.57. The zero-order valence-corrected chi connectivity index (χ0v) is 13.8. The number of pyridine rings is 1. The molecule has 2 aliphatic heterocycles. The third-order valence-electron chi connectivity index (χ3n) is 4.57. The number of hydrogen-bond acceptors (Lipinski definition) is 4. The largest absolute Gasteiger partial charge is 0.376 e. The maximum absolute atomic E-state index is 12.1. The van der Waals surface area contributed by atoms with Crippen molar-refractivity contribution in [3.63, 3.8) is 0 Å². The topological polar surface area (TPSA) is 66.5 Å². The van der Waals surface area contributed by atoms with Crippen LogP contribution in [0.3, 0.4) is 0 Å². The number of hydrogen-bond donors (Lipinski definition) is 2. The lowest BCUT2D eigenvalue weighted by molar-refractivity contribution is 0.0868. The van der Waals surface area contributed by atoms with Crippen molar-refractivity contribution in [3.05, 3.63) is 18.3 Å². The molecule has 6 heteroatoms. The molecule has 3 heterocycles. The fourth-order valence-electron chi connectivity index (χ4n) is 3.23. The second kappa shape index (κ2) is 7.64. The minimum atomic E-state index is -0.208. The zero-order chi connectivity index (χ0) is 16.1. The minimum absolute atomic E-state index is 0.0121. The first-order chi connectivity index (χ1) is 11.2. The first-order valence-electron chi connectivity index (χ1n) is 8.62. The molecule has 2 N–H and O–H groups in total. The molecule has 0 radical (unpaired) electrons. The van der Waals surface area contributed by atoms with Crippen molar-refractivity contribution in [2.24, 2.45) is 0 Å². The van der Waals surface area contributed by atoms with Crippen LogP contribution >= 0.6 is 0 Å². The molecule has 2 atom stereocenters. The first kappa shape index (κ1) is 16.1. The van der Waals surface area contributed by atoms with Crippen molar-refractivity contribution in [3.8, 4) is 0 Å². The molecule has 2 aliphatic rings. The van der Waals surface area contributed by atoms with Gasteiger partial charge in [0.15, 0.2) is 0 Å². The lowest BCUT2D eigenvalue weighted by Gasteiger charge is -2.27. The van der Waals surface area contributed by atoms with Crippen LogP contribution in [-0.4, -0.2) is 42.9 Å². The Balaban J connectivity index is 1.50.